The Morgan fingerprint density at radius 1 is 0.909 bits per heavy atom. The van der Waals surface area contributed by atoms with Gasteiger partial charge in [0.15, 0.2) is 0 Å². The number of carbonyl (C=O) groups excluding carboxylic acids is 3. The predicted octanol–water partition coefficient (Wildman–Crippen LogP) is 6.00. The number of piperidine rings is 1. The number of amides is 3. The van der Waals surface area contributed by atoms with Gasteiger partial charge in [-0.05, 0) is 68.0 Å². The van der Waals surface area contributed by atoms with Gasteiger partial charge >= 0.3 is 0 Å². The van der Waals surface area contributed by atoms with Crippen LogP contribution in [0.5, 0.6) is 0 Å². The van der Waals surface area contributed by atoms with Crippen LogP contribution in [0.2, 0.25) is 10.0 Å². The highest BCUT2D eigenvalue weighted by molar-refractivity contribution is 6.37. The van der Waals surface area contributed by atoms with Crippen molar-refractivity contribution in [1.82, 2.24) is 4.90 Å². The standard InChI is InChI=1S/C25H27Cl2N3O3/c1-15(31)28-22-13-17(25(33)30-12-4-6-16-5-2-3-7-23(16)30)8-11-21(22)29-24(32)19-10-9-18(26)14-20(19)27/h8-11,13-14,16,23H,2-7,12H2,1H3,(H,28,31)(H,29,32)/t16-,23+/m0/s1. The number of hydrogen-bond acceptors (Lipinski definition) is 3. The Hall–Kier alpha value is -2.57. The first-order valence-corrected chi connectivity index (χ1v) is 12.1. The number of benzene rings is 2. The summed E-state index contributed by atoms with van der Waals surface area (Å²) in [6.07, 6.45) is 6.82. The number of likely N-dealkylation sites (tertiary alicyclic amines) is 1. The Morgan fingerprint density at radius 3 is 2.42 bits per heavy atom. The summed E-state index contributed by atoms with van der Waals surface area (Å²) in [7, 11) is 0. The fourth-order valence-corrected chi connectivity index (χ4v) is 5.48. The number of anilines is 2. The Bertz CT molecular complexity index is 1090. The maximum Gasteiger partial charge on any atom is 0.257 e. The molecule has 4 rings (SSSR count). The number of halogens is 2. The number of nitrogens with zero attached hydrogens (tertiary/aromatic N) is 1. The normalized spacial score (nSPS) is 20.0. The number of carbonyl (C=O) groups is 3. The monoisotopic (exact) mass is 487 g/mol. The molecule has 0 aromatic heterocycles. The third-order valence-electron chi connectivity index (χ3n) is 6.51. The van der Waals surface area contributed by atoms with Crippen molar-refractivity contribution in [3.05, 3.63) is 57.6 Å². The van der Waals surface area contributed by atoms with Crippen molar-refractivity contribution in [3.8, 4) is 0 Å². The summed E-state index contributed by atoms with van der Waals surface area (Å²) < 4.78 is 0. The molecule has 2 aromatic carbocycles. The zero-order valence-electron chi connectivity index (χ0n) is 18.5. The van der Waals surface area contributed by atoms with Gasteiger partial charge in [-0.2, -0.15) is 0 Å². The minimum atomic E-state index is -0.441. The zero-order chi connectivity index (χ0) is 23.5. The second kappa shape index (κ2) is 10.1. The molecular weight excluding hydrogens is 461 g/mol. The van der Waals surface area contributed by atoms with E-state index in [9.17, 15) is 14.4 Å². The van der Waals surface area contributed by atoms with E-state index in [1.165, 1.54) is 38.3 Å². The molecular formula is C25H27Cl2N3O3. The van der Waals surface area contributed by atoms with Crippen molar-refractivity contribution in [1.29, 1.82) is 0 Å². The lowest BCUT2D eigenvalue weighted by atomic mass is 9.78. The summed E-state index contributed by atoms with van der Waals surface area (Å²) in [5.41, 5.74) is 1.50. The SMILES string of the molecule is CC(=O)Nc1cc(C(=O)N2CCC[C@@H]3CCCC[C@H]32)ccc1NC(=O)c1ccc(Cl)cc1Cl. The van der Waals surface area contributed by atoms with E-state index in [-0.39, 0.29) is 28.4 Å². The Kier molecular flexibility index (Phi) is 7.25. The maximum atomic E-state index is 13.4. The number of nitrogens with one attached hydrogen (secondary N) is 2. The first-order chi connectivity index (χ1) is 15.8. The Labute approximate surface area is 203 Å². The van der Waals surface area contributed by atoms with Crippen molar-refractivity contribution < 1.29 is 14.4 Å². The van der Waals surface area contributed by atoms with Crippen LogP contribution in [0.15, 0.2) is 36.4 Å². The average Bonchev–Trinajstić information content (AvgIpc) is 2.79. The molecule has 0 bridgehead atoms. The quantitative estimate of drug-likeness (QED) is 0.554. The first kappa shape index (κ1) is 23.6. The van der Waals surface area contributed by atoms with Crippen LogP contribution in [-0.2, 0) is 4.79 Å². The van der Waals surface area contributed by atoms with Gasteiger partial charge in [-0.1, -0.05) is 36.0 Å². The van der Waals surface area contributed by atoms with E-state index in [2.05, 4.69) is 10.6 Å². The molecule has 2 atom stereocenters. The second-order valence-electron chi connectivity index (χ2n) is 8.77. The molecule has 1 aliphatic heterocycles. The third kappa shape index (κ3) is 5.33. The highest BCUT2D eigenvalue weighted by Crippen LogP contribution is 2.36. The summed E-state index contributed by atoms with van der Waals surface area (Å²) in [6, 6.07) is 9.86. The average molecular weight is 488 g/mol. The lowest BCUT2D eigenvalue weighted by molar-refractivity contribution is -0.114. The second-order valence-corrected chi connectivity index (χ2v) is 9.62. The summed E-state index contributed by atoms with van der Waals surface area (Å²) in [4.78, 5) is 40.0. The van der Waals surface area contributed by atoms with Gasteiger partial charge in [0.05, 0.1) is 22.0 Å². The lowest BCUT2D eigenvalue weighted by Crippen LogP contribution is -2.49. The molecule has 2 fully saturated rings. The van der Waals surface area contributed by atoms with Crippen molar-refractivity contribution in [3.63, 3.8) is 0 Å². The summed E-state index contributed by atoms with van der Waals surface area (Å²) >= 11 is 12.1. The summed E-state index contributed by atoms with van der Waals surface area (Å²) in [5, 5.41) is 6.16. The highest BCUT2D eigenvalue weighted by Gasteiger charge is 2.36. The predicted molar refractivity (Wildman–Crippen MR) is 131 cm³/mol. The molecule has 2 N–H and O–H groups in total. The smallest absolute Gasteiger partial charge is 0.257 e. The van der Waals surface area contributed by atoms with Gasteiger partial charge in [0, 0.05) is 30.1 Å². The molecule has 174 valence electrons. The summed E-state index contributed by atoms with van der Waals surface area (Å²) in [5.74, 6) is -0.195. The van der Waals surface area contributed by atoms with Crippen LogP contribution in [0, 0.1) is 5.92 Å². The molecule has 2 aromatic rings. The van der Waals surface area contributed by atoms with E-state index in [4.69, 9.17) is 23.2 Å². The lowest BCUT2D eigenvalue weighted by Gasteiger charge is -2.44. The molecule has 2 aliphatic rings. The van der Waals surface area contributed by atoms with Crippen molar-refractivity contribution in [2.75, 3.05) is 17.2 Å². The summed E-state index contributed by atoms with van der Waals surface area (Å²) in [6.45, 7) is 2.14. The Morgan fingerprint density at radius 2 is 1.67 bits per heavy atom. The largest absolute Gasteiger partial charge is 0.335 e. The van der Waals surface area contributed by atoms with Gasteiger partial charge in [0.2, 0.25) is 5.91 Å². The van der Waals surface area contributed by atoms with Crippen LogP contribution in [0.1, 0.15) is 66.2 Å². The molecule has 33 heavy (non-hydrogen) atoms. The molecule has 8 heteroatoms. The third-order valence-corrected chi connectivity index (χ3v) is 7.05. The van der Waals surface area contributed by atoms with E-state index in [0.29, 0.717) is 27.9 Å². The van der Waals surface area contributed by atoms with Crippen LogP contribution in [0.4, 0.5) is 11.4 Å². The van der Waals surface area contributed by atoms with Crippen LogP contribution in [-0.4, -0.2) is 35.2 Å². The molecule has 0 unspecified atom stereocenters. The van der Waals surface area contributed by atoms with Gasteiger partial charge in [-0.25, -0.2) is 0 Å². The van der Waals surface area contributed by atoms with Crippen LogP contribution >= 0.6 is 23.2 Å². The Balaban J connectivity index is 1.59. The molecule has 1 heterocycles. The first-order valence-electron chi connectivity index (χ1n) is 11.3. The number of hydrogen-bond donors (Lipinski definition) is 2. The minimum Gasteiger partial charge on any atom is -0.335 e. The van der Waals surface area contributed by atoms with Crippen molar-refractivity contribution in [2.45, 2.75) is 51.5 Å². The molecule has 1 saturated heterocycles. The highest BCUT2D eigenvalue weighted by atomic mass is 35.5. The molecule has 1 saturated carbocycles. The van der Waals surface area contributed by atoms with E-state index in [1.54, 1.807) is 24.3 Å². The van der Waals surface area contributed by atoms with Gasteiger partial charge < -0.3 is 15.5 Å². The van der Waals surface area contributed by atoms with Gasteiger partial charge in [-0.3, -0.25) is 14.4 Å². The van der Waals surface area contributed by atoms with Gasteiger partial charge in [0.1, 0.15) is 0 Å². The number of rotatable bonds is 4. The topological polar surface area (TPSA) is 78.5 Å². The molecule has 0 radical (unpaired) electrons. The van der Waals surface area contributed by atoms with Crippen LogP contribution in [0.3, 0.4) is 0 Å². The molecule has 0 spiro atoms. The van der Waals surface area contributed by atoms with E-state index >= 15 is 0 Å². The molecule has 3 amide bonds. The van der Waals surface area contributed by atoms with E-state index in [0.717, 1.165) is 25.8 Å². The molecule has 1 aliphatic carbocycles. The van der Waals surface area contributed by atoms with Crippen molar-refractivity contribution in [2.24, 2.45) is 5.92 Å². The number of fused-ring (bicyclic) bond motifs is 1. The van der Waals surface area contributed by atoms with E-state index < -0.39 is 5.91 Å². The van der Waals surface area contributed by atoms with Gasteiger partial charge in [0.25, 0.3) is 11.8 Å². The molecule has 6 nitrogen and oxygen atoms in total. The zero-order valence-corrected chi connectivity index (χ0v) is 20.0. The van der Waals surface area contributed by atoms with Crippen LogP contribution in [0.25, 0.3) is 0 Å². The fraction of sp³-hybridized carbons (Fsp3) is 0.400. The van der Waals surface area contributed by atoms with Gasteiger partial charge in [-0.15, -0.1) is 0 Å². The fourth-order valence-electron chi connectivity index (χ4n) is 4.99. The van der Waals surface area contributed by atoms with Crippen molar-refractivity contribution >= 4 is 52.3 Å². The van der Waals surface area contributed by atoms with Crippen LogP contribution < -0.4 is 10.6 Å². The van der Waals surface area contributed by atoms with E-state index in [1.807, 2.05) is 4.90 Å². The minimum absolute atomic E-state index is 0.0307. The maximum absolute atomic E-state index is 13.4.